The average molecular weight is 364 g/mol. The summed E-state index contributed by atoms with van der Waals surface area (Å²) < 4.78 is 0. The molecule has 1 aromatic heterocycles. The van der Waals surface area contributed by atoms with E-state index in [1.807, 2.05) is 43.3 Å². The van der Waals surface area contributed by atoms with Gasteiger partial charge in [-0.1, -0.05) is 23.7 Å². The van der Waals surface area contributed by atoms with E-state index in [9.17, 15) is 0 Å². The minimum atomic E-state index is 0.514. The fourth-order valence-electron chi connectivity index (χ4n) is 2.50. The van der Waals surface area contributed by atoms with Crippen LogP contribution in [0.25, 0.3) is 0 Å². The van der Waals surface area contributed by atoms with Gasteiger partial charge in [0.25, 0.3) is 0 Å². The average Bonchev–Trinajstić information content (AvgIpc) is 2.62. The molecule has 2 aromatic carbocycles. The highest BCUT2D eigenvalue weighted by atomic mass is 35.5. The summed E-state index contributed by atoms with van der Waals surface area (Å²) in [5.41, 5.74) is 3.48. The van der Waals surface area contributed by atoms with Gasteiger partial charge in [-0.15, -0.1) is 0 Å². The van der Waals surface area contributed by atoms with Crippen LogP contribution in [0.5, 0.6) is 0 Å². The summed E-state index contributed by atoms with van der Waals surface area (Å²) in [6.45, 7) is 2.67. The number of hydrogen-bond donors (Lipinski definition) is 2. The predicted octanol–water partition coefficient (Wildman–Crippen LogP) is 4.71. The molecule has 6 heteroatoms. The number of anilines is 3. The number of aromatic nitrogens is 2. The van der Waals surface area contributed by atoms with Gasteiger partial charge in [-0.3, -0.25) is 0 Å². The van der Waals surface area contributed by atoms with E-state index in [1.54, 1.807) is 12.1 Å². The molecule has 130 valence electrons. The lowest BCUT2D eigenvalue weighted by Gasteiger charge is -2.10. The van der Waals surface area contributed by atoms with E-state index in [0.717, 1.165) is 35.2 Å². The van der Waals surface area contributed by atoms with Gasteiger partial charge < -0.3 is 10.6 Å². The fourth-order valence-corrected chi connectivity index (χ4v) is 2.71. The molecule has 0 aliphatic carbocycles. The first-order valence-corrected chi connectivity index (χ1v) is 8.61. The van der Waals surface area contributed by atoms with Crippen LogP contribution in [0.4, 0.5) is 17.5 Å². The molecule has 0 saturated heterocycles. The van der Waals surface area contributed by atoms with Crippen molar-refractivity contribution >= 4 is 29.1 Å². The van der Waals surface area contributed by atoms with E-state index < -0.39 is 0 Å². The summed E-state index contributed by atoms with van der Waals surface area (Å²) in [4.78, 5) is 8.90. The summed E-state index contributed by atoms with van der Waals surface area (Å²) in [7, 11) is 0. The monoisotopic (exact) mass is 363 g/mol. The van der Waals surface area contributed by atoms with Crippen LogP contribution in [-0.2, 0) is 6.42 Å². The second-order valence-electron chi connectivity index (χ2n) is 5.84. The van der Waals surface area contributed by atoms with Crippen LogP contribution in [0.15, 0.2) is 54.6 Å². The number of halogens is 1. The Morgan fingerprint density at radius 2 is 1.88 bits per heavy atom. The van der Waals surface area contributed by atoms with Gasteiger partial charge in [-0.25, -0.2) is 4.98 Å². The van der Waals surface area contributed by atoms with Crippen molar-refractivity contribution in [1.29, 1.82) is 5.26 Å². The molecule has 26 heavy (non-hydrogen) atoms. The van der Waals surface area contributed by atoms with Crippen molar-refractivity contribution in [2.24, 2.45) is 0 Å². The van der Waals surface area contributed by atoms with Crippen molar-refractivity contribution in [3.05, 3.63) is 76.4 Å². The summed E-state index contributed by atoms with van der Waals surface area (Å²) >= 11 is 6.01. The zero-order chi connectivity index (χ0) is 18.4. The molecule has 0 fully saturated rings. The Balaban J connectivity index is 1.64. The lowest BCUT2D eigenvalue weighted by molar-refractivity contribution is 0.995. The van der Waals surface area contributed by atoms with Gasteiger partial charge in [0.1, 0.15) is 5.82 Å². The smallest absolute Gasteiger partial charge is 0.229 e. The number of hydrogen-bond acceptors (Lipinski definition) is 5. The molecule has 3 aromatic rings. The Morgan fingerprint density at radius 3 is 2.62 bits per heavy atom. The predicted molar refractivity (Wildman–Crippen MR) is 105 cm³/mol. The molecule has 0 bridgehead atoms. The van der Waals surface area contributed by atoms with Crippen LogP contribution in [0, 0.1) is 18.3 Å². The summed E-state index contributed by atoms with van der Waals surface area (Å²) in [5.74, 6) is 1.27. The number of benzene rings is 2. The third-order valence-corrected chi connectivity index (χ3v) is 3.97. The maximum Gasteiger partial charge on any atom is 0.229 e. The Bertz CT molecular complexity index is 932. The number of nitrogens with zero attached hydrogens (tertiary/aromatic N) is 3. The van der Waals surface area contributed by atoms with Gasteiger partial charge >= 0.3 is 0 Å². The van der Waals surface area contributed by atoms with Gasteiger partial charge in [0.15, 0.2) is 0 Å². The van der Waals surface area contributed by atoms with Crippen molar-refractivity contribution in [3.8, 4) is 6.07 Å². The van der Waals surface area contributed by atoms with E-state index in [2.05, 4.69) is 32.7 Å². The minimum Gasteiger partial charge on any atom is -0.370 e. The van der Waals surface area contributed by atoms with E-state index >= 15 is 0 Å². The molecule has 0 amide bonds. The van der Waals surface area contributed by atoms with Crippen molar-refractivity contribution in [1.82, 2.24) is 9.97 Å². The maximum atomic E-state index is 8.86. The quantitative estimate of drug-likeness (QED) is 0.663. The van der Waals surface area contributed by atoms with Crippen molar-refractivity contribution < 1.29 is 0 Å². The van der Waals surface area contributed by atoms with E-state index in [-0.39, 0.29) is 0 Å². The second kappa shape index (κ2) is 8.32. The molecule has 0 atom stereocenters. The van der Waals surface area contributed by atoms with E-state index in [4.69, 9.17) is 16.9 Å². The lowest BCUT2D eigenvalue weighted by atomic mass is 10.1. The van der Waals surface area contributed by atoms with Crippen LogP contribution in [-0.4, -0.2) is 16.5 Å². The standard InChI is InChI=1S/C20H18ClN5/c1-14-11-19(23-10-9-15-3-2-4-17(21)12-15)26-20(24-14)25-18-7-5-16(13-22)6-8-18/h2-8,11-12H,9-10H2,1H3,(H2,23,24,25,26). The van der Waals surface area contributed by atoms with Gasteiger partial charge in [-0.2, -0.15) is 10.2 Å². The SMILES string of the molecule is Cc1cc(NCCc2cccc(Cl)c2)nc(Nc2ccc(C#N)cc2)n1. The van der Waals surface area contributed by atoms with Crippen LogP contribution < -0.4 is 10.6 Å². The molecular weight excluding hydrogens is 346 g/mol. The van der Waals surface area contributed by atoms with E-state index in [1.165, 1.54) is 5.56 Å². The van der Waals surface area contributed by atoms with Crippen molar-refractivity contribution in [2.45, 2.75) is 13.3 Å². The third-order valence-electron chi connectivity index (χ3n) is 3.73. The molecule has 1 heterocycles. The van der Waals surface area contributed by atoms with Crippen molar-refractivity contribution in [3.63, 3.8) is 0 Å². The van der Waals surface area contributed by atoms with Gasteiger partial charge in [-0.05, 0) is 55.3 Å². The molecule has 3 rings (SSSR count). The van der Waals surface area contributed by atoms with Crippen LogP contribution >= 0.6 is 11.6 Å². The van der Waals surface area contributed by atoms with Gasteiger partial charge in [0.2, 0.25) is 5.95 Å². The summed E-state index contributed by atoms with van der Waals surface area (Å²) in [6, 6.07) is 19.0. The molecule has 0 aliphatic heterocycles. The zero-order valence-electron chi connectivity index (χ0n) is 14.3. The number of aryl methyl sites for hydroxylation is 1. The topological polar surface area (TPSA) is 73.6 Å². The first-order valence-electron chi connectivity index (χ1n) is 8.23. The number of rotatable bonds is 6. The highest BCUT2D eigenvalue weighted by Crippen LogP contribution is 2.17. The Hall–Kier alpha value is -3.10. The van der Waals surface area contributed by atoms with Crippen molar-refractivity contribution in [2.75, 3.05) is 17.2 Å². The fraction of sp³-hybridized carbons (Fsp3) is 0.150. The highest BCUT2D eigenvalue weighted by Gasteiger charge is 2.04. The Labute approximate surface area is 157 Å². The zero-order valence-corrected chi connectivity index (χ0v) is 15.1. The Morgan fingerprint density at radius 1 is 1.08 bits per heavy atom. The largest absolute Gasteiger partial charge is 0.370 e. The molecule has 0 saturated carbocycles. The first-order chi connectivity index (χ1) is 12.6. The van der Waals surface area contributed by atoms with Crippen LogP contribution in [0.1, 0.15) is 16.8 Å². The minimum absolute atomic E-state index is 0.514. The normalized spacial score (nSPS) is 10.2. The Kier molecular flexibility index (Phi) is 5.67. The van der Waals surface area contributed by atoms with Crippen LogP contribution in [0.2, 0.25) is 5.02 Å². The molecule has 5 nitrogen and oxygen atoms in total. The second-order valence-corrected chi connectivity index (χ2v) is 6.28. The molecule has 2 N–H and O–H groups in total. The molecule has 0 unspecified atom stereocenters. The van der Waals surface area contributed by atoms with Gasteiger partial charge in [0.05, 0.1) is 11.6 Å². The maximum absolute atomic E-state index is 8.86. The highest BCUT2D eigenvalue weighted by molar-refractivity contribution is 6.30. The summed E-state index contributed by atoms with van der Waals surface area (Å²) in [6.07, 6.45) is 0.849. The summed E-state index contributed by atoms with van der Waals surface area (Å²) in [5, 5.41) is 16.1. The molecule has 0 spiro atoms. The molecule has 0 radical (unpaired) electrons. The first kappa shape index (κ1) is 17.7. The lowest BCUT2D eigenvalue weighted by Crippen LogP contribution is -2.08. The molecular formula is C20H18ClN5. The van der Waals surface area contributed by atoms with E-state index in [0.29, 0.717) is 11.5 Å². The van der Waals surface area contributed by atoms with Gasteiger partial charge in [0, 0.05) is 29.0 Å². The molecule has 0 aliphatic rings. The third kappa shape index (κ3) is 4.95. The number of nitriles is 1. The number of nitrogens with one attached hydrogen (secondary N) is 2. The van der Waals surface area contributed by atoms with Crippen LogP contribution in [0.3, 0.4) is 0 Å².